The van der Waals surface area contributed by atoms with Gasteiger partial charge in [-0.25, -0.2) is 13.4 Å². The molecule has 170 valence electrons. The number of anilines is 1. The van der Waals surface area contributed by atoms with Crippen molar-refractivity contribution in [2.45, 2.75) is 30.7 Å². The van der Waals surface area contributed by atoms with Crippen molar-refractivity contribution in [2.75, 3.05) is 18.0 Å². The number of carbonyl (C=O) groups excluding carboxylic acids is 1. The van der Waals surface area contributed by atoms with Crippen molar-refractivity contribution in [1.82, 2.24) is 10.3 Å². The van der Waals surface area contributed by atoms with E-state index in [1.165, 1.54) is 11.4 Å². The third-order valence-corrected chi connectivity index (χ3v) is 7.51. The molecular formula is C22H25N3O5S2. The van der Waals surface area contributed by atoms with Gasteiger partial charge in [-0.15, -0.1) is 11.3 Å². The summed E-state index contributed by atoms with van der Waals surface area (Å²) in [5.74, 6) is 0.641. The Hall–Kier alpha value is -3.11. The van der Waals surface area contributed by atoms with E-state index in [0.29, 0.717) is 17.3 Å². The fraction of sp³-hybridized carbons (Fsp3) is 0.273. The Kier molecular flexibility index (Phi) is 7.70. The zero-order chi connectivity index (χ0) is 23.1. The number of rotatable bonds is 10. The number of sulfonamides is 1. The van der Waals surface area contributed by atoms with Gasteiger partial charge in [-0.1, -0.05) is 12.1 Å². The molecule has 0 spiro atoms. The molecule has 2 heterocycles. The number of carbonyl (C=O) groups is 1. The standard InChI is InChI=1S/C22H25N3O5S2/c1-16(2)30-22-17(6-4-12-23-22)14-24-20(26)15-29-19-10-8-18(9-11-19)25(3)32(27,28)21-7-5-13-31-21/h4-13,16H,14-15H2,1-3H3,(H,24,26). The summed E-state index contributed by atoms with van der Waals surface area (Å²) in [6.07, 6.45) is 1.61. The van der Waals surface area contributed by atoms with E-state index in [2.05, 4.69) is 10.3 Å². The van der Waals surface area contributed by atoms with Gasteiger partial charge in [-0.3, -0.25) is 9.10 Å². The zero-order valence-corrected chi connectivity index (χ0v) is 19.7. The van der Waals surface area contributed by atoms with Gasteiger partial charge in [0.25, 0.3) is 15.9 Å². The third-order valence-electron chi connectivity index (χ3n) is 4.35. The Morgan fingerprint density at radius 3 is 2.56 bits per heavy atom. The van der Waals surface area contributed by atoms with Gasteiger partial charge in [0, 0.05) is 25.4 Å². The molecule has 3 rings (SSSR count). The van der Waals surface area contributed by atoms with E-state index in [-0.39, 0.29) is 29.4 Å². The quantitative estimate of drug-likeness (QED) is 0.482. The van der Waals surface area contributed by atoms with E-state index >= 15 is 0 Å². The van der Waals surface area contributed by atoms with Crippen LogP contribution >= 0.6 is 11.3 Å². The lowest BCUT2D eigenvalue weighted by Gasteiger charge is -2.18. The van der Waals surface area contributed by atoms with E-state index < -0.39 is 10.0 Å². The predicted octanol–water partition coefficient (Wildman–Crippen LogP) is 3.45. The minimum Gasteiger partial charge on any atom is -0.484 e. The van der Waals surface area contributed by atoms with Crippen molar-refractivity contribution in [3.8, 4) is 11.6 Å². The normalized spacial score (nSPS) is 11.2. The highest BCUT2D eigenvalue weighted by molar-refractivity contribution is 7.94. The first-order chi connectivity index (χ1) is 15.3. The van der Waals surface area contributed by atoms with Gasteiger partial charge in [-0.2, -0.15) is 0 Å². The number of ether oxygens (including phenoxy) is 2. The summed E-state index contributed by atoms with van der Waals surface area (Å²) in [4.78, 5) is 16.4. The molecule has 10 heteroatoms. The Bertz CT molecular complexity index is 1130. The highest BCUT2D eigenvalue weighted by Gasteiger charge is 2.22. The smallest absolute Gasteiger partial charge is 0.273 e. The molecule has 0 aliphatic heterocycles. The van der Waals surface area contributed by atoms with E-state index in [4.69, 9.17) is 9.47 Å². The van der Waals surface area contributed by atoms with Crippen LogP contribution in [0.3, 0.4) is 0 Å². The maximum atomic E-state index is 12.6. The van der Waals surface area contributed by atoms with E-state index in [1.54, 1.807) is 54.0 Å². The van der Waals surface area contributed by atoms with Gasteiger partial charge in [-0.05, 0) is 55.6 Å². The van der Waals surface area contributed by atoms with Crippen LogP contribution in [0.4, 0.5) is 5.69 Å². The lowest BCUT2D eigenvalue weighted by molar-refractivity contribution is -0.123. The molecule has 8 nitrogen and oxygen atoms in total. The van der Waals surface area contributed by atoms with E-state index in [0.717, 1.165) is 16.9 Å². The number of nitrogens with zero attached hydrogens (tertiary/aromatic N) is 2. The molecule has 0 unspecified atom stereocenters. The van der Waals surface area contributed by atoms with Gasteiger partial charge in [0.15, 0.2) is 6.61 Å². The van der Waals surface area contributed by atoms with Gasteiger partial charge in [0.1, 0.15) is 9.96 Å². The summed E-state index contributed by atoms with van der Waals surface area (Å²) in [7, 11) is -2.11. The first-order valence-electron chi connectivity index (χ1n) is 9.90. The molecule has 0 atom stereocenters. The molecule has 0 bridgehead atoms. The number of thiophene rings is 1. The SMILES string of the molecule is CC(C)Oc1ncccc1CNC(=O)COc1ccc(N(C)S(=O)(=O)c2cccs2)cc1. The average molecular weight is 476 g/mol. The Labute approximate surface area is 191 Å². The molecule has 1 aromatic carbocycles. The van der Waals surface area contributed by atoms with Gasteiger partial charge in [0.05, 0.1) is 11.8 Å². The van der Waals surface area contributed by atoms with Crippen molar-refractivity contribution < 1.29 is 22.7 Å². The molecule has 0 aliphatic rings. The van der Waals surface area contributed by atoms with Crippen LogP contribution in [0.15, 0.2) is 64.3 Å². The second-order valence-corrected chi connectivity index (χ2v) is 10.2. The molecule has 0 saturated carbocycles. The maximum absolute atomic E-state index is 12.6. The van der Waals surface area contributed by atoms with Gasteiger partial charge >= 0.3 is 0 Å². The zero-order valence-electron chi connectivity index (χ0n) is 18.0. The molecule has 0 aliphatic carbocycles. The molecule has 1 N–H and O–H groups in total. The molecule has 0 fully saturated rings. The minimum atomic E-state index is -3.60. The number of aromatic nitrogens is 1. The molecule has 0 saturated heterocycles. The monoisotopic (exact) mass is 475 g/mol. The molecule has 1 amide bonds. The summed E-state index contributed by atoms with van der Waals surface area (Å²) in [6, 6.07) is 13.4. The fourth-order valence-corrected chi connectivity index (χ4v) is 5.07. The number of amides is 1. The number of hydrogen-bond donors (Lipinski definition) is 1. The highest BCUT2D eigenvalue weighted by atomic mass is 32.2. The molecule has 2 aromatic heterocycles. The summed E-state index contributed by atoms with van der Waals surface area (Å²) in [5, 5.41) is 4.50. The molecular weight excluding hydrogens is 450 g/mol. The highest BCUT2D eigenvalue weighted by Crippen LogP contribution is 2.26. The molecule has 3 aromatic rings. The number of nitrogens with one attached hydrogen (secondary N) is 1. The Morgan fingerprint density at radius 1 is 1.16 bits per heavy atom. The van der Waals surface area contributed by atoms with Crippen molar-refractivity contribution in [2.24, 2.45) is 0 Å². The first-order valence-corrected chi connectivity index (χ1v) is 12.2. The first kappa shape index (κ1) is 23.6. The van der Waals surface area contributed by atoms with Crippen LogP contribution < -0.4 is 19.1 Å². The van der Waals surface area contributed by atoms with Crippen LogP contribution in [0, 0.1) is 0 Å². The van der Waals surface area contributed by atoms with Crippen LogP contribution in [0.2, 0.25) is 0 Å². The number of hydrogen-bond acceptors (Lipinski definition) is 7. The summed E-state index contributed by atoms with van der Waals surface area (Å²) in [5.41, 5.74) is 1.26. The molecule has 0 radical (unpaired) electrons. The summed E-state index contributed by atoms with van der Waals surface area (Å²) in [6.45, 7) is 3.91. The Morgan fingerprint density at radius 2 is 1.91 bits per heavy atom. The lowest BCUT2D eigenvalue weighted by Crippen LogP contribution is -2.29. The summed E-state index contributed by atoms with van der Waals surface area (Å²) >= 11 is 1.16. The van der Waals surface area contributed by atoms with Crippen LogP contribution in [-0.4, -0.2) is 39.1 Å². The second kappa shape index (κ2) is 10.5. The van der Waals surface area contributed by atoms with Crippen molar-refractivity contribution in [3.05, 3.63) is 65.7 Å². The average Bonchev–Trinajstić information content (AvgIpc) is 3.32. The van der Waals surface area contributed by atoms with Crippen LogP contribution in [0.1, 0.15) is 19.4 Å². The minimum absolute atomic E-state index is 0.0231. The third kappa shape index (κ3) is 5.98. The summed E-state index contributed by atoms with van der Waals surface area (Å²) < 4.78 is 37.9. The maximum Gasteiger partial charge on any atom is 0.273 e. The van der Waals surface area contributed by atoms with Crippen LogP contribution in [-0.2, 0) is 21.4 Å². The lowest BCUT2D eigenvalue weighted by atomic mass is 10.2. The van der Waals surface area contributed by atoms with E-state index in [1.807, 2.05) is 19.9 Å². The predicted molar refractivity (Wildman–Crippen MR) is 124 cm³/mol. The van der Waals surface area contributed by atoms with Crippen LogP contribution in [0.25, 0.3) is 0 Å². The van der Waals surface area contributed by atoms with E-state index in [9.17, 15) is 13.2 Å². The largest absolute Gasteiger partial charge is 0.484 e. The second-order valence-electron chi connectivity index (χ2n) is 7.10. The van der Waals surface area contributed by atoms with Crippen LogP contribution in [0.5, 0.6) is 11.6 Å². The van der Waals surface area contributed by atoms with Crippen molar-refractivity contribution >= 4 is 33.0 Å². The van der Waals surface area contributed by atoms with Gasteiger partial charge in [0.2, 0.25) is 5.88 Å². The van der Waals surface area contributed by atoms with Crippen molar-refractivity contribution in [1.29, 1.82) is 0 Å². The number of pyridine rings is 1. The van der Waals surface area contributed by atoms with Crippen molar-refractivity contribution in [3.63, 3.8) is 0 Å². The fourth-order valence-electron chi connectivity index (χ4n) is 2.72. The van der Waals surface area contributed by atoms with Gasteiger partial charge < -0.3 is 14.8 Å². The topological polar surface area (TPSA) is 97.8 Å². The Balaban J connectivity index is 1.53. The molecule has 32 heavy (non-hydrogen) atoms. The number of benzene rings is 1.